The summed E-state index contributed by atoms with van der Waals surface area (Å²) in [4.78, 5) is 101. The number of carbonyl (C=O) groups excluding carboxylic acids is 6. The molecule has 2 bridgehead atoms. The maximum atomic E-state index is 13.9. The summed E-state index contributed by atoms with van der Waals surface area (Å²) in [6, 6.07) is 4.94. The number of carbonyl (C=O) groups is 6. The van der Waals surface area contributed by atoms with E-state index in [0.717, 1.165) is 16.5 Å². The normalized spacial score (nSPS) is 20.2. The number of aromatic amines is 1. The molecule has 0 radical (unpaired) electrons. The number of aromatic nitrogens is 4. The van der Waals surface area contributed by atoms with Crippen molar-refractivity contribution in [3.63, 3.8) is 0 Å². The van der Waals surface area contributed by atoms with E-state index in [4.69, 9.17) is 0 Å². The Balaban J connectivity index is 1.47. The SMILES string of the molecule is CC(C)C[C@@H]1NC(=O)CN(C(=O)c2cnccn2)CCN(C)C(=O)[C@H](C)NC(=O)CN(C)C(=O)[C@@H](Cc2c[nH]c3ccccc23)NC(=O)c2csc1n2. The van der Waals surface area contributed by atoms with E-state index < -0.39 is 53.6 Å². The van der Waals surface area contributed by atoms with Gasteiger partial charge in [-0.25, -0.2) is 9.97 Å². The van der Waals surface area contributed by atoms with Crippen LogP contribution in [0.3, 0.4) is 0 Å². The first-order chi connectivity index (χ1) is 25.3. The lowest BCUT2D eigenvalue weighted by Gasteiger charge is -2.28. The van der Waals surface area contributed by atoms with Crippen LogP contribution in [0.4, 0.5) is 0 Å². The predicted molar refractivity (Wildman–Crippen MR) is 197 cm³/mol. The van der Waals surface area contributed by atoms with E-state index in [-0.39, 0.29) is 49.9 Å². The van der Waals surface area contributed by atoms with E-state index in [2.05, 4.69) is 35.9 Å². The largest absolute Gasteiger partial charge is 0.361 e. The van der Waals surface area contributed by atoms with Crippen LogP contribution < -0.4 is 16.0 Å². The Labute approximate surface area is 310 Å². The van der Waals surface area contributed by atoms with E-state index in [1.165, 1.54) is 65.6 Å². The third kappa shape index (κ3) is 9.79. The van der Waals surface area contributed by atoms with Gasteiger partial charge in [0.25, 0.3) is 11.8 Å². The summed E-state index contributed by atoms with van der Waals surface area (Å²) in [5.74, 6) is -3.08. The van der Waals surface area contributed by atoms with Gasteiger partial charge in [-0.2, -0.15) is 0 Å². The van der Waals surface area contributed by atoms with Gasteiger partial charge < -0.3 is 35.6 Å². The number of nitrogens with one attached hydrogen (secondary N) is 4. The molecule has 0 unspecified atom stereocenters. The molecule has 3 aromatic heterocycles. The van der Waals surface area contributed by atoms with Crippen LogP contribution in [0.2, 0.25) is 0 Å². The van der Waals surface area contributed by atoms with Crippen molar-refractivity contribution in [2.75, 3.05) is 40.3 Å². The maximum absolute atomic E-state index is 13.9. The highest BCUT2D eigenvalue weighted by Gasteiger charge is 2.31. The molecule has 0 spiro atoms. The second kappa shape index (κ2) is 17.2. The third-order valence-corrected chi connectivity index (χ3v) is 9.75. The number of hydrogen-bond donors (Lipinski definition) is 4. The van der Waals surface area contributed by atoms with Crippen LogP contribution in [0.15, 0.2) is 54.4 Å². The predicted octanol–water partition coefficient (Wildman–Crippen LogP) is 1.54. The Morgan fingerprint density at radius 1 is 0.925 bits per heavy atom. The summed E-state index contributed by atoms with van der Waals surface area (Å²) < 4.78 is 0. The van der Waals surface area contributed by atoms with Crippen molar-refractivity contribution >= 4 is 57.7 Å². The van der Waals surface area contributed by atoms with Crippen LogP contribution in [0.5, 0.6) is 0 Å². The van der Waals surface area contributed by atoms with Crippen LogP contribution in [0.1, 0.15) is 64.8 Å². The van der Waals surface area contributed by atoms with Crippen molar-refractivity contribution in [1.29, 1.82) is 0 Å². The molecule has 4 aromatic rings. The third-order valence-electron chi connectivity index (χ3n) is 8.79. The highest BCUT2D eigenvalue weighted by molar-refractivity contribution is 7.09. The van der Waals surface area contributed by atoms with Gasteiger partial charge in [-0.15, -0.1) is 11.3 Å². The maximum Gasteiger partial charge on any atom is 0.274 e. The van der Waals surface area contributed by atoms with E-state index in [9.17, 15) is 28.8 Å². The van der Waals surface area contributed by atoms with Crippen molar-refractivity contribution < 1.29 is 28.8 Å². The number of amides is 6. The number of hydrogen-bond acceptors (Lipinski definition) is 10. The van der Waals surface area contributed by atoms with E-state index in [1.807, 2.05) is 38.1 Å². The minimum Gasteiger partial charge on any atom is -0.361 e. The molecule has 1 aromatic carbocycles. The van der Waals surface area contributed by atoms with Crippen LogP contribution in [0, 0.1) is 5.92 Å². The van der Waals surface area contributed by atoms with Gasteiger partial charge in [-0.1, -0.05) is 32.0 Å². The number of H-pyrrole nitrogens is 1. The smallest absolute Gasteiger partial charge is 0.274 e. The number of para-hydroxylation sites is 1. The number of nitrogens with zero attached hydrogens (tertiary/aromatic N) is 6. The monoisotopic (exact) mass is 744 g/mol. The summed E-state index contributed by atoms with van der Waals surface area (Å²) in [6.45, 7) is 4.75. The Morgan fingerprint density at radius 2 is 1.68 bits per heavy atom. The molecule has 5 rings (SSSR count). The quantitative estimate of drug-likeness (QED) is 0.234. The van der Waals surface area contributed by atoms with Gasteiger partial charge in [0.2, 0.25) is 23.6 Å². The number of rotatable bonds is 5. The molecule has 53 heavy (non-hydrogen) atoms. The van der Waals surface area contributed by atoms with Crippen molar-refractivity contribution in [1.82, 2.24) is 50.6 Å². The van der Waals surface area contributed by atoms with Crippen LogP contribution in [-0.4, -0.2) is 122 Å². The molecule has 1 aliphatic heterocycles. The number of fused-ring (bicyclic) bond motifs is 3. The fourth-order valence-corrected chi connectivity index (χ4v) is 6.92. The Kier molecular flexibility index (Phi) is 12.5. The molecule has 4 heterocycles. The number of likely N-dealkylation sites (N-methyl/N-ethyl adjacent to an activating group) is 2. The summed E-state index contributed by atoms with van der Waals surface area (Å²) >= 11 is 1.19. The minimum absolute atomic E-state index is 0.0244. The van der Waals surface area contributed by atoms with Crippen molar-refractivity contribution in [3.8, 4) is 0 Å². The Hall–Kier alpha value is -5.71. The first-order valence-corrected chi connectivity index (χ1v) is 18.1. The second-order valence-electron chi connectivity index (χ2n) is 13.5. The lowest BCUT2D eigenvalue weighted by Crippen LogP contribution is -2.53. The van der Waals surface area contributed by atoms with Crippen molar-refractivity contribution in [3.05, 3.63) is 76.4 Å². The molecule has 0 aliphatic carbocycles. The van der Waals surface area contributed by atoms with E-state index in [0.29, 0.717) is 11.4 Å². The topological polar surface area (TPSA) is 203 Å². The molecule has 0 saturated heterocycles. The van der Waals surface area contributed by atoms with Gasteiger partial charge in [0.15, 0.2) is 0 Å². The molecule has 3 atom stereocenters. The van der Waals surface area contributed by atoms with Crippen LogP contribution >= 0.6 is 11.3 Å². The first-order valence-electron chi connectivity index (χ1n) is 17.3. The highest BCUT2D eigenvalue weighted by Crippen LogP contribution is 2.25. The molecule has 0 fully saturated rings. The average Bonchev–Trinajstić information content (AvgIpc) is 3.79. The number of benzene rings is 1. The van der Waals surface area contributed by atoms with Crippen molar-refractivity contribution in [2.45, 2.75) is 51.7 Å². The molecule has 6 amide bonds. The van der Waals surface area contributed by atoms with Gasteiger partial charge in [-0.05, 0) is 30.9 Å². The molecule has 17 heteroatoms. The van der Waals surface area contributed by atoms with Gasteiger partial charge in [0.1, 0.15) is 28.5 Å². The van der Waals surface area contributed by atoms with E-state index in [1.54, 1.807) is 11.6 Å². The second-order valence-corrected chi connectivity index (χ2v) is 14.4. The van der Waals surface area contributed by atoms with Crippen molar-refractivity contribution in [2.24, 2.45) is 5.92 Å². The van der Waals surface area contributed by atoms with E-state index >= 15 is 0 Å². The standard InChI is InChI=1S/C36H44N10O6S/c1-21(2)14-26-33-43-29(20-53-33)32(49)42-27(15-23-16-39-25-9-7-6-8-24(23)25)35(51)45(5)18-30(47)40-22(3)34(50)44(4)12-13-46(19-31(48)41-26)36(52)28-17-37-10-11-38-28/h6-11,16-17,20-22,26-27,39H,12-15,18-19H2,1-5H3,(H,40,47)(H,41,48)(H,42,49)/t22-,26-,27+/m0/s1. The van der Waals surface area contributed by atoms with Gasteiger partial charge in [0, 0.05) is 68.5 Å². The molecule has 280 valence electrons. The summed E-state index contributed by atoms with van der Waals surface area (Å²) in [5, 5.41) is 11.4. The molecule has 0 saturated carbocycles. The minimum atomic E-state index is -1.08. The average molecular weight is 745 g/mol. The van der Waals surface area contributed by atoms with Gasteiger partial charge >= 0.3 is 0 Å². The first kappa shape index (κ1) is 38.5. The fraction of sp³-hybridized carbons (Fsp3) is 0.417. The Bertz CT molecular complexity index is 1960. The van der Waals surface area contributed by atoms with Gasteiger partial charge in [0.05, 0.1) is 25.3 Å². The zero-order chi connectivity index (χ0) is 38.2. The highest BCUT2D eigenvalue weighted by atomic mass is 32.1. The zero-order valence-corrected chi connectivity index (χ0v) is 31.1. The summed E-state index contributed by atoms with van der Waals surface area (Å²) in [7, 11) is 2.98. The number of thiazole rings is 1. The van der Waals surface area contributed by atoms with Gasteiger partial charge in [-0.3, -0.25) is 33.8 Å². The molecule has 4 N–H and O–H groups in total. The summed E-state index contributed by atoms with van der Waals surface area (Å²) in [5.41, 5.74) is 1.74. The molecule has 16 nitrogen and oxygen atoms in total. The molecular formula is C36H44N10O6S. The van der Waals surface area contributed by atoms with Crippen LogP contribution in [0.25, 0.3) is 10.9 Å². The molecule has 1 aliphatic rings. The summed E-state index contributed by atoms with van der Waals surface area (Å²) in [6.07, 6.45) is 6.47. The Morgan fingerprint density at radius 3 is 2.42 bits per heavy atom. The van der Waals surface area contributed by atoms with Crippen LogP contribution in [-0.2, 0) is 25.6 Å². The lowest BCUT2D eigenvalue weighted by molar-refractivity contribution is -0.138. The lowest BCUT2D eigenvalue weighted by atomic mass is 10.0. The molecular weight excluding hydrogens is 701 g/mol. The fourth-order valence-electron chi connectivity index (χ4n) is 6.05. The zero-order valence-electron chi connectivity index (χ0n) is 30.3.